The molecule has 106 valence electrons. The molecule has 0 atom stereocenters. The number of likely N-dealkylation sites (tertiary alicyclic amines) is 1. The molecule has 0 saturated carbocycles. The zero-order chi connectivity index (χ0) is 14.1. The fraction of sp³-hybridized carbons (Fsp3) is 0.600. The zero-order valence-electron chi connectivity index (χ0n) is 10.0. The molecule has 1 fully saturated rings. The minimum absolute atomic E-state index is 0.199. The average Bonchev–Trinajstić information content (AvgIpc) is 2.76. The lowest BCUT2D eigenvalue weighted by atomic mass is 9.93. The maximum atomic E-state index is 12.7. The number of urea groups is 1. The molecule has 0 aromatic carbocycles. The number of hydrogen-bond donors (Lipinski definition) is 1. The van der Waals surface area contributed by atoms with Gasteiger partial charge >= 0.3 is 12.2 Å². The first kappa shape index (κ1) is 14.1. The van der Waals surface area contributed by atoms with Gasteiger partial charge in [-0.3, -0.25) is 0 Å². The normalized spacial score (nSPS) is 18.0. The molecular formula is C10H12F3N3O2S. The van der Waals surface area contributed by atoms with E-state index in [4.69, 9.17) is 0 Å². The molecule has 2 rings (SSSR count). The monoisotopic (exact) mass is 295 g/mol. The van der Waals surface area contributed by atoms with E-state index in [-0.39, 0.29) is 6.54 Å². The van der Waals surface area contributed by atoms with Crippen LogP contribution in [0.4, 0.5) is 18.0 Å². The topological polar surface area (TPSA) is 54.5 Å². The third-order valence-electron chi connectivity index (χ3n) is 2.99. The summed E-state index contributed by atoms with van der Waals surface area (Å²) in [5.74, 6) is 0. The smallest absolute Gasteiger partial charge is 0.365 e. The Kier molecular flexibility index (Phi) is 3.68. The molecular weight excluding hydrogens is 283 g/mol. The number of thiazole rings is 1. The first-order chi connectivity index (χ1) is 8.88. The number of methoxy groups -OCH3 is 1. The largest absolute Gasteiger partial charge is 0.420 e. The van der Waals surface area contributed by atoms with E-state index in [2.05, 4.69) is 15.0 Å². The number of halogens is 3. The van der Waals surface area contributed by atoms with Crippen LogP contribution in [0.5, 0.6) is 0 Å². The Hall–Kier alpha value is -1.35. The van der Waals surface area contributed by atoms with Gasteiger partial charge < -0.3 is 15.0 Å². The van der Waals surface area contributed by atoms with Gasteiger partial charge in [0, 0.05) is 12.5 Å². The van der Waals surface area contributed by atoms with Crippen molar-refractivity contribution in [3.63, 3.8) is 0 Å². The molecule has 1 aromatic rings. The third kappa shape index (κ3) is 2.66. The number of ether oxygens (including phenoxy) is 1. The van der Waals surface area contributed by atoms with E-state index in [9.17, 15) is 18.0 Å². The van der Waals surface area contributed by atoms with Crippen molar-refractivity contribution in [2.45, 2.75) is 18.3 Å². The van der Waals surface area contributed by atoms with Gasteiger partial charge in [-0.1, -0.05) is 0 Å². The highest BCUT2D eigenvalue weighted by Gasteiger charge is 2.63. The molecule has 1 N–H and O–H groups in total. The summed E-state index contributed by atoms with van der Waals surface area (Å²) in [6.07, 6.45) is -4.48. The average molecular weight is 295 g/mol. The standard InChI is InChI=1S/C10H12F3N3O2S/c1-18-9(10(11,12)13)4-16(5-9)8(17)14-2-7-3-19-6-15-7/h3,6H,2,4-5H2,1H3,(H,14,17). The van der Waals surface area contributed by atoms with E-state index in [0.717, 1.165) is 12.0 Å². The van der Waals surface area contributed by atoms with E-state index in [1.165, 1.54) is 11.3 Å². The maximum Gasteiger partial charge on any atom is 0.420 e. The molecule has 2 amide bonds. The van der Waals surface area contributed by atoms with E-state index in [0.29, 0.717) is 5.69 Å². The molecule has 0 aliphatic carbocycles. The second kappa shape index (κ2) is 4.97. The van der Waals surface area contributed by atoms with Gasteiger partial charge in [0.05, 0.1) is 30.8 Å². The van der Waals surface area contributed by atoms with Crippen LogP contribution in [0.1, 0.15) is 5.69 Å². The molecule has 1 aromatic heterocycles. The molecule has 0 radical (unpaired) electrons. The lowest BCUT2D eigenvalue weighted by molar-refractivity contribution is -0.303. The van der Waals surface area contributed by atoms with E-state index < -0.39 is 30.9 Å². The summed E-state index contributed by atoms with van der Waals surface area (Å²) in [5.41, 5.74) is 0.0584. The predicted octanol–water partition coefficient (Wildman–Crippen LogP) is 1.62. The van der Waals surface area contributed by atoms with Crippen LogP contribution in [-0.4, -0.2) is 47.9 Å². The van der Waals surface area contributed by atoms with Gasteiger partial charge in [0.15, 0.2) is 5.60 Å². The number of nitrogens with one attached hydrogen (secondary N) is 1. The number of rotatable bonds is 3. The first-order valence-electron chi connectivity index (χ1n) is 5.40. The van der Waals surface area contributed by atoms with Crippen molar-refractivity contribution >= 4 is 17.4 Å². The number of nitrogens with zero attached hydrogens (tertiary/aromatic N) is 2. The van der Waals surface area contributed by atoms with Crippen molar-refractivity contribution in [1.82, 2.24) is 15.2 Å². The second-order valence-electron chi connectivity index (χ2n) is 4.19. The molecule has 2 heterocycles. The van der Waals surface area contributed by atoms with Crippen molar-refractivity contribution in [2.24, 2.45) is 0 Å². The van der Waals surface area contributed by atoms with Gasteiger partial charge in [0.25, 0.3) is 0 Å². The maximum absolute atomic E-state index is 12.7. The predicted molar refractivity (Wildman–Crippen MR) is 61.7 cm³/mol. The molecule has 1 aliphatic heterocycles. The number of alkyl halides is 3. The molecule has 19 heavy (non-hydrogen) atoms. The van der Waals surface area contributed by atoms with Crippen LogP contribution >= 0.6 is 11.3 Å². The van der Waals surface area contributed by atoms with Crippen LogP contribution in [-0.2, 0) is 11.3 Å². The van der Waals surface area contributed by atoms with Crippen molar-refractivity contribution in [2.75, 3.05) is 20.2 Å². The van der Waals surface area contributed by atoms with Crippen LogP contribution in [0, 0.1) is 0 Å². The summed E-state index contributed by atoms with van der Waals surface area (Å²) in [4.78, 5) is 16.6. The highest BCUT2D eigenvalue weighted by molar-refractivity contribution is 7.07. The summed E-state index contributed by atoms with van der Waals surface area (Å²) >= 11 is 1.38. The quantitative estimate of drug-likeness (QED) is 0.922. The number of carbonyl (C=O) groups excluding carboxylic acids is 1. The Morgan fingerprint density at radius 2 is 2.32 bits per heavy atom. The number of amides is 2. The van der Waals surface area contributed by atoms with Crippen LogP contribution in [0.15, 0.2) is 10.9 Å². The minimum atomic E-state index is -4.48. The van der Waals surface area contributed by atoms with E-state index >= 15 is 0 Å². The Morgan fingerprint density at radius 3 is 2.79 bits per heavy atom. The summed E-state index contributed by atoms with van der Waals surface area (Å²) in [6.45, 7) is -0.781. The fourth-order valence-electron chi connectivity index (χ4n) is 1.74. The van der Waals surface area contributed by atoms with E-state index in [1.54, 1.807) is 10.9 Å². The first-order valence-corrected chi connectivity index (χ1v) is 6.34. The highest BCUT2D eigenvalue weighted by atomic mass is 32.1. The van der Waals surface area contributed by atoms with Crippen molar-refractivity contribution in [1.29, 1.82) is 0 Å². The number of carbonyl (C=O) groups is 1. The molecule has 0 spiro atoms. The summed E-state index contributed by atoms with van der Waals surface area (Å²) in [7, 11) is 0.998. The van der Waals surface area contributed by atoms with Gasteiger partial charge in [-0.25, -0.2) is 9.78 Å². The Balaban J connectivity index is 1.84. The van der Waals surface area contributed by atoms with Crippen LogP contribution in [0.25, 0.3) is 0 Å². The summed E-state index contributed by atoms with van der Waals surface area (Å²) < 4.78 is 42.6. The van der Waals surface area contributed by atoms with Gasteiger partial charge in [-0.05, 0) is 0 Å². The van der Waals surface area contributed by atoms with Gasteiger partial charge in [0.2, 0.25) is 0 Å². The molecule has 5 nitrogen and oxygen atoms in total. The summed E-state index contributed by atoms with van der Waals surface area (Å²) in [6, 6.07) is -0.551. The second-order valence-corrected chi connectivity index (χ2v) is 4.91. The third-order valence-corrected chi connectivity index (χ3v) is 3.63. The minimum Gasteiger partial charge on any atom is -0.365 e. The van der Waals surface area contributed by atoms with Crippen LogP contribution in [0.2, 0.25) is 0 Å². The van der Waals surface area contributed by atoms with Crippen molar-refractivity contribution < 1.29 is 22.7 Å². The zero-order valence-corrected chi connectivity index (χ0v) is 10.8. The molecule has 1 aliphatic rings. The Labute approximate surface area is 111 Å². The SMILES string of the molecule is COC1(C(F)(F)F)CN(C(=O)NCc2cscn2)C1. The Bertz CT molecular complexity index is 443. The van der Waals surface area contributed by atoms with Crippen molar-refractivity contribution in [3.8, 4) is 0 Å². The van der Waals surface area contributed by atoms with Crippen molar-refractivity contribution in [3.05, 3.63) is 16.6 Å². The van der Waals surface area contributed by atoms with Gasteiger partial charge in [-0.15, -0.1) is 11.3 Å². The summed E-state index contributed by atoms with van der Waals surface area (Å²) in [5, 5.41) is 4.26. The molecule has 0 bridgehead atoms. The van der Waals surface area contributed by atoms with Gasteiger partial charge in [-0.2, -0.15) is 13.2 Å². The van der Waals surface area contributed by atoms with Crippen LogP contribution < -0.4 is 5.32 Å². The lowest BCUT2D eigenvalue weighted by Gasteiger charge is -2.49. The molecule has 0 unspecified atom stereocenters. The Morgan fingerprint density at radius 1 is 1.63 bits per heavy atom. The highest BCUT2D eigenvalue weighted by Crippen LogP contribution is 2.40. The fourth-order valence-corrected chi connectivity index (χ4v) is 2.30. The van der Waals surface area contributed by atoms with E-state index in [1.807, 2.05) is 0 Å². The van der Waals surface area contributed by atoms with Gasteiger partial charge in [0.1, 0.15) is 0 Å². The number of hydrogen-bond acceptors (Lipinski definition) is 4. The lowest BCUT2D eigenvalue weighted by Crippen LogP contribution is -2.72. The number of aromatic nitrogens is 1. The molecule has 1 saturated heterocycles. The molecule has 9 heteroatoms. The van der Waals surface area contributed by atoms with Crippen LogP contribution in [0.3, 0.4) is 0 Å².